The van der Waals surface area contributed by atoms with Gasteiger partial charge in [0.1, 0.15) is 29.4 Å². The number of pyridine rings is 1. The second-order valence-corrected chi connectivity index (χ2v) is 11.1. The largest absolute Gasteiger partial charge is 0.508 e. The third kappa shape index (κ3) is 5.04. The smallest absolute Gasteiger partial charge is 0.319 e. The molecule has 0 radical (unpaired) electrons. The van der Waals surface area contributed by atoms with E-state index in [-0.39, 0.29) is 28.5 Å². The van der Waals surface area contributed by atoms with Crippen molar-refractivity contribution in [3.05, 3.63) is 72.1 Å². The maximum atomic E-state index is 16.5. The molecular weight excluding hydrogens is 573 g/mol. The Hall–Kier alpha value is -3.56. The summed E-state index contributed by atoms with van der Waals surface area (Å²) in [5, 5.41) is 12.4. The Balaban J connectivity index is 1.70. The number of ether oxygens (including phenoxy) is 1. The van der Waals surface area contributed by atoms with Crippen LogP contribution in [0, 0.1) is 5.82 Å². The minimum atomic E-state index is -0.617. The molecule has 0 bridgehead atoms. The number of likely N-dealkylation sites (tertiary alicyclic amines) is 1. The SMILES string of the molecule is C=CCN(CC=C)c1nc(OCC2(CC)CCCN2C)nc2c(F)c(-c3cc(O)cc4cccc(Br)c34)ncc12. The molecule has 1 N–H and O–H groups in total. The number of benzene rings is 2. The summed E-state index contributed by atoms with van der Waals surface area (Å²) in [5.74, 6) is -0.109. The first-order valence-corrected chi connectivity index (χ1v) is 14.2. The molecule has 0 saturated carbocycles. The number of rotatable bonds is 10. The van der Waals surface area contributed by atoms with Crippen LogP contribution in [0.1, 0.15) is 26.2 Å². The number of anilines is 1. The molecule has 3 heterocycles. The summed E-state index contributed by atoms with van der Waals surface area (Å²) < 4.78 is 23.5. The molecule has 2 aromatic heterocycles. The third-order valence-corrected chi connectivity index (χ3v) is 8.54. The van der Waals surface area contributed by atoms with Crippen molar-refractivity contribution in [3.63, 3.8) is 0 Å². The molecule has 0 amide bonds. The number of aromatic nitrogens is 3. The van der Waals surface area contributed by atoms with Crippen molar-refractivity contribution in [2.75, 3.05) is 38.2 Å². The van der Waals surface area contributed by atoms with Crippen LogP contribution in [0.25, 0.3) is 32.9 Å². The number of halogens is 2. The lowest BCUT2D eigenvalue weighted by atomic mass is 9.94. The van der Waals surface area contributed by atoms with Crippen LogP contribution < -0.4 is 9.64 Å². The number of phenols is 1. The molecule has 0 spiro atoms. The van der Waals surface area contributed by atoms with Crippen molar-refractivity contribution in [1.29, 1.82) is 0 Å². The van der Waals surface area contributed by atoms with Crippen LogP contribution in [0.4, 0.5) is 10.2 Å². The van der Waals surface area contributed by atoms with E-state index in [0.29, 0.717) is 36.5 Å². The van der Waals surface area contributed by atoms with Gasteiger partial charge in [-0.05, 0) is 56.4 Å². The molecule has 1 unspecified atom stereocenters. The summed E-state index contributed by atoms with van der Waals surface area (Å²) in [5.41, 5.74) is 0.512. The minimum absolute atomic E-state index is 0.0167. The number of fused-ring (bicyclic) bond motifs is 2. The Morgan fingerprint density at radius 1 is 1.23 bits per heavy atom. The van der Waals surface area contributed by atoms with E-state index in [2.05, 4.69) is 57.9 Å². The predicted molar refractivity (Wildman–Crippen MR) is 163 cm³/mol. The zero-order valence-corrected chi connectivity index (χ0v) is 24.4. The van der Waals surface area contributed by atoms with E-state index in [0.717, 1.165) is 41.1 Å². The monoisotopic (exact) mass is 605 g/mol. The van der Waals surface area contributed by atoms with E-state index in [1.54, 1.807) is 24.4 Å². The fraction of sp³-hybridized carbons (Fsp3) is 0.323. The fourth-order valence-electron chi connectivity index (χ4n) is 5.63. The van der Waals surface area contributed by atoms with Crippen LogP contribution in [0.5, 0.6) is 11.8 Å². The van der Waals surface area contributed by atoms with E-state index in [9.17, 15) is 5.11 Å². The van der Waals surface area contributed by atoms with E-state index in [1.807, 2.05) is 23.1 Å². The van der Waals surface area contributed by atoms with Crippen molar-refractivity contribution in [1.82, 2.24) is 19.9 Å². The number of hydrogen-bond donors (Lipinski definition) is 1. The molecule has 1 fully saturated rings. The molecule has 7 nitrogen and oxygen atoms in total. The third-order valence-electron chi connectivity index (χ3n) is 7.88. The molecule has 1 atom stereocenters. The van der Waals surface area contributed by atoms with Gasteiger partial charge in [-0.25, -0.2) is 4.39 Å². The van der Waals surface area contributed by atoms with Gasteiger partial charge in [-0.15, -0.1) is 13.2 Å². The van der Waals surface area contributed by atoms with Gasteiger partial charge >= 0.3 is 6.01 Å². The van der Waals surface area contributed by atoms with Crippen LogP contribution >= 0.6 is 15.9 Å². The molecule has 208 valence electrons. The van der Waals surface area contributed by atoms with Gasteiger partial charge in [-0.1, -0.05) is 47.1 Å². The van der Waals surface area contributed by atoms with Crippen molar-refractivity contribution in [2.45, 2.75) is 31.7 Å². The predicted octanol–water partition coefficient (Wildman–Crippen LogP) is 6.88. The Morgan fingerprint density at radius 2 is 2.00 bits per heavy atom. The average molecular weight is 607 g/mol. The molecule has 0 aliphatic carbocycles. The summed E-state index contributed by atoms with van der Waals surface area (Å²) in [6.07, 6.45) is 8.13. The maximum Gasteiger partial charge on any atom is 0.319 e. The van der Waals surface area contributed by atoms with Crippen LogP contribution in [-0.2, 0) is 0 Å². The molecule has 2 aromatic carbocycles. The van der Waals surface area contributed by atoms with Crippen LogP contribution in [0.3, 0.4) is 0 Å². The van der Waals surface area contributed by atoms with Gasteiger partial charge in [-0.3, -0.25) is 9.88 Å². The van der Waals surface area contributed by atoms with Crippen LogP contribution in [-0.4, -0.2) is 63.8 Å². The summed E-state index contributed by atoms with van der Waals surface area (Å²) in [4.78, 5) is 18.1. The van der Waals surface area contributed by atoms with Gasteiger partial charge in [0.15, 0.2) is 5.82 Å². The number of likely N-dealkylation sites (N-methyl/N-ethyl adjacent to an activating group) is 1. The number of phenolic OH excluding ortho intramolecular Hbond substituents is 1. The lowest BCUT2D eigenvalue weighted by Gasteiger charge is -2.34. The van der Waals surface area contributed by atoms with Crippen molar-refractivity contribution in [2.24, 2.45) is 0 Å². The quantitative estimate of drug-likeness (QED) is 0.197. The van der Waals surface area contributed by atoms with Crippen LogP contribution in [0.15, 0.2) is 66.3 Å². The first-order valence-electron chi connectivity index (χ1n) is 13.4. The number of hydrogen-bond acceptors (Lipinski definition) is 7. The number of nitrogens with zero attached hydrogens (tertiary/aromatic N) is 5. The zero-order valence-electron chi connectivity index (χ0n) is 22.8. The highest BCUT2D eigenvalue weighted by Crippen LogP contribution is 2.39. The average Bonchev–Trinajstić information content (AvgIpc) is 3.31. The molecule has 5 rings (SSSR count). The van der Waals surface area contributed by atoms with E-state index < -0.39 is 5.82 Å². The standard InChI is InChI=1S/C31H33BrFN5O2/c1-5-13-38(14-6-2)29-23-18-34-27(22-17-21(39)16-20-10-8-11-24(32)25(20)22)26(33)28(23)35-30(36-29)40-19-31(7-3)12-9-15-37(31)4/h5-6,8,10-11,16-18,39H,1-2,7,9,12-15,19H2,3-4H3. The van der Waals surface area contributed by atoms with Crippen molar-refractivity contribution in [3.8, 4) is 23.0 Å². The van der Waals surface area contributed by atoms with Gasteiger partial charge in [-0.2, -0.15) is 9.97 Å². The highest BCUT2D eigenvalue weighted by atomic mass is 79.9. The highest BCUT2D eigenvalue weighted by Gasteiger charge is 2.38. The molecule has 1 saturated heterocycles. The van der Waals surface area contributed by atoms with Crippen molar-refractivity contribution >= 4 is 43.4 Å². The normalized spacial score (nSPS) is 17.4. The van der Waals surface area contributed by atoms with Gasteiger partial charge in [0.25, 0.3) is 0 Å². The van der Waals surface area contributed by atoms with E-state index >= 15 is 4.39 Å². The highest BCUT2D eigenvalue weighted by molar-refractivity contribution is 9.10. The van der Waals surface area contributed by atoms with Crippen LogP contribution in [0.2, 0.25) is 0 Å². The molecular formula is C31H33BrFN5O2. The minimum Gasteiger partial charge on any atom is -0.508 e. The Bertz CT molecular complexity index is 1590. The lowest BCUT2D eigenvalue weighted by Crippen LogP contribution is -2.46. The molecule has 4 aromatic rings. The topological polar surface area (TPSA) is 74.6 Å². The van der Waals surface area contributed by atoms with Gasteiger partial charge < -0.3 is 14.7 Å². The Morgan fingerprint density at radius 3 is 2.67 bits per heavy atom. The van der Waals surface area contributed by atoms with Gasteiger partial charge in [0.05, 0.1) is 10.9 Å². The molecule has 1 aliphatic heterocycles. The zero-order chi connectivity index (χ0) is 28.4. The molecule has 1 aliphatic rings. The summed E-state index contributed by atoms with van der Waals surface area (Å²) in [7, 11) is 2.11. The van der Waals surface area contributed by atoms with Gasteiger partial charge in [0.2, 0.25) is 0 Å². The summed E-state index contributed by atoms with van der Waals surface area (Å²) >= 11 is 3.58. The summed E-state index contributed by atoms with van der Waals surface area (Å²) in [6, 6.07) is 8.86. The molecule has 40 heavy (non-hydrogen) atoms. The van der Waals surface area contributed by atoms with Gasteiger partial charge in [0, 0.05) is 34.7 Å². The summed E-state index contributed by atoms with van der Waals surface area (Å²) in [6.45, 7) is 12.2. The second-order valence-electron chi connectivity index (χ2n) is 10.2. The Labute approximate surface area is 242 Å². The Kier molecular flexibility index (Phi) is 8.05. The second kappa shape index (κ2) is 11.5. The van der Waals surface area contributed by atoms with E-state index in [1.165, 1.54) is 6.07 Å². The number of aromatic hydroxyl groups is 1. The first-order chi connectivity index (χ1) is 19.3. The first kappa shape index (κ1) is 28.0. The lowest BCUT2D eigenvalue weighted by molar-refractivity contribution is 0.0880. The molecule has 9 heteroatoms. The fourth-order valence-corrected chi connectivity index (χ4v) is 6.23. The van der Waals surface area contributed by atoms with E-state index in [4.69, 9.17) is 9.72 Å². The van der Waals surface area contributed by atoms with Crippen molar-refractivity contribution < 1.29 is 14.2 Å². The maximum absolute atomic E-state index is 16.5.